The summed E-state index contributed by atoms with van der Waals surface area (Å²) in [5, 5.41) is 9.13. The summed E-state index contributed by atoms with van der Waals surface area (Å²) in [7, 11) is -3.54. The molecule has 1 aliphatic heterocycles. The molecule has 0 amide bonds. The number of sulfonamides is 1. The lowest BCUT2D eigenvalue weighted by Crippen LogP contribution is -2.30. The van der Waals surface area contributed by atoms with E-state index < -0.39 is 10.0 Å². The predicted octanol–water partition coefficient (Wildman–Crippen LogP) is 1.72. The monoisotopic (exact) mass is 313 g/mol. The van der Waals surface area contributed by atoms with Crippen molar-refractivity contribution in [1.29, 1.82) is 0 Å². The van der Waals surface area contributed by atoms with E-state index in [4.69, 9.17) is 9.84 Å². The highest BCUT2D eigenvalue weighted by atomic mass is 32.2. The average molecular weight is 313 g/mol. The van der Waals surface area contributed by atoms with Gasteiger partial charge in [-0.2, -0.15) is 0 Å². The minimum absolute atomic E-state index is 0.159. The molecule has 1 heterocycles. The van der Waals surface area contributed by atoms with E-state index in [0.29, 0.717) is 24.1 Å². The maximum Gasteiger partial charge on any atom is 0.240 e. The van der Waals surface area contributed by atoms with Crippen LogP contribution in [-0.4, -0.2) is 32.8 Å². The van der Waals surface area contributed by atoms with Crippen LogP contribution in [0.5, 0.6) is 0 Å². The van der Waals surface area contributed by atoms with Crippen LogP contribution >= 0.6 is 0 Å². The second-order valence-electron chi connectivity index (χ2n) is 5.43. The topological polar surface area (TPSA) is 75.6 Å². The highest BCUT2D eigenvalue weighted by Gasteiger charge is 2.19. The molecule has 1 unspecified atom stereocenters. The van der Waals surface area contributed by atoms with E-state index in [0.717, 1.165) is 25.9 Å². The van der Waals surface area contributed by atoms with Crippen LogP contribution in [0.25, 0.3) is 0 Å². The Morgan fingerprint density at radius 2 is 2.19 bits per heavy atom. The van der Waals surface area contributed by atoms with E-state index in [9.17, 15) is 8.42 Å². The quantitative estimate of drug-likeness (QED) is 0.838. The van der Waals surface area contributed by atoms with Gasteiger partial charge >= 0.3 is 0 Å². The van der Waals surface area contributed by atoms with E-state index >= 15 is 0 Å². The predicted molar refractivity (Wildman–Crippen MR) is 80.5 cm³/mol. The SMILES string of the molecule is Cc1ccc(CO)cc1S(=O)(=O)NCCC1CCCCO1. The molecule has 5 nitrogen and oxygen atoms in total. The molecule has 2 N–H and O–H groups in total. The fourth-order valence-corrected chi connectivity index (χ4v) is 3.84. The Morgan fingerprint density at radius 3 is 2.86 bits per heavy atom. The first-order valence-corrected chi connectivity index (χ1v) is 8.83. The number of aliphatic hydroxyl groups excluding tert-OH is 1. The van der Waals surface area contributed by atoms with Gasteiger partial charge in [0, 0.05) is 13.2 Å². The number of aliphatic hydroxyl groups is 1. The van der Waals surface area contributed by atoms with Crippen molar-refractivity contribution < 1.29 is 18.3 Å². The molecule has 1 aromatic carbocycles. The van der Waals surface area contributed by atoms with Gasteiger partial charge < -0.3 is 9.84 Å². The van der Waals surface area contributed by atoms with Crippen LogP contribution in [0.15, 0.2) is 23.1 Å². The largest absolute Gasteiger partial charge is 0.392 e. The van der Waals surface area contributed by atoms with Crippen LogP contribution in [0.2, 0.25) is 0 Å². The van der Waals surface area contributed by atoms with E-state index in [2.05, 4.69) is 4.72 Å². The van der Waals surface area contributed by atoms with E-state index in [1.165, 1.54) is 6.07 Å². The lowest BCUT2D eigenvalue weighted by Gasteiger charge is -2.22. The zero-order valence-electron chi connectivity index (χ0n) is 12.3. The van der Waals surface area contributed by atoms with E-state index in [1.807, 2.05) is 0 Å². The van der Waals surface area contributed by atoms with Gasteiger partial charge in [-0.25, -0.2) is 13.1 Å². The molecule has 1 aromatic rings. The van der Waals surface area contributed by atoms with Crippen molar-refractivity contribution in [2.45, 2.75) is 50.2 Å². The summed E-state index contributed by atoms with van der Waals surface area (Å²) in [6.07, 6.45) is 4.09. The molecule has 0 radical (unpaired) electrons. The number of ether oxygens (including phenoxy) is 1. The van der Waals surface area contributed by atoms with Crippen molar-refractivity contribution in [1.82, 2.24) is 4.72 Å². The minimum Gasteiger partial charge on any atom is -0.392 e. The maximum atomic E-state index is 12.3. The maximum absolute atomic E-state index is 12.3. The Hall–Kier alpha value is -0.950. The Balaban J connectivity index is 1.97. The Kier molecular flexibility index (Phi) is 5.75. The van der Waals surface area contributed by atoms with Crippen LogP contribution in [0, 0.1) is 6.92 Å². The van der Waals surface area contributed by atoms with Crippen molar-refractivity contribution >= 4 is 10.0 Å². The zero-order valence-corrected chi connectivity index (χ0v) is 13.2. The lowest BCUT2D eigenvalue weighted by atomic mass is 10.1. The molecule has 21 heavy (non-hydrogen) atoms. The van der Waals surface area contributed by atoms with Crippen molar-refractivity contribution in [2.75, 3.05) is 13.2 Å². The molecule has 0 aromatic heterocycles. The summed E-state index contributed by atoms with van der Waals surface area (Å²) in [5.74, 6) is 0. The normalized spacial score (nSPS) is 19.6. The van der Waals surface area contributed by atoms with Gasteiger partial charge in [0.05, 0.1) is 17.6 Å². The fraction of sp³-hybridized carbons (Fsp3) is 0.600. The first kappa shape index (κ1) is 16.4. The van der Waals surface area contributed by atoms with Crippen molar-refractivity contribution in [3.63, 3.8) is 0 Å². The highest BCUT2D eigenvalue weighted by molar-refractivity contribution is 7.89. The molecular formula is C15H23NO4S. The molecular weight excluding hydrogens is 290 g/mol. The standard InChI is InChI=1S/C15H23NO4S/c1-12-5-6-13(11-17)10-15(12)21(18,19)16-8-7-14-4-2-3-9-20-14/h5-6,10,14,16-17H,2-4,7-9,11H2,1H3. The summed E-state index contributed by atoms with van der Waals surface area (Å²) in [6, 6.07) is 4.96. The molecule has 1 saturated heterocycles. The molecule has 6 heteroatoms. The fourth-order valence-electron chi connectivity index (χ4n) is 2.50. The number of nitrogens with one attached hydrogen (secondary N) is 1. The molecule has 1 aliphatic rings. The van der Waals surface area contributed by atoms with Gasteiger partial charge in [-0.15, -0.1) is 0 Å². The van der Waals surface area contributed by atoms with Crippen molar-refractivity contribution in [3.05, 3.63) is 29.3 Å². The first-order chi connectivity index (χ1) is 10.0. The van der Waals surface area contributed by atoms with E-state index in [1.54, 1.807) is 19.1 Å². The van der Waals surface area contributed by atoms with Gasteiger partial charge in [-0.3, -0.25) is 0 Å². The second-order valence-corrected chi connectivity index (χ2v) is 7.17. The second kappa shape index (κ2) is 7.35. The number of hydrogen-bond donors (Lipinski definition) is 2. The Bertz CT molecular complexity index is 565. The van der Waals surface area contributed by atoms with Gasteiger partial charge in [-0.05, 0) is 49.8 Å². The third-order valence-electron chi connectivity index (χ3n) is 3.76. The van der Waals surface area contributed by atoms with Crippen LogP contribution in [0.3, 0.4) is 0 Å². The molecule has 0 aliphatic carbocycles. The summed E-state index contributed by atoms with van der Waals surface area (Å²) < 4.78 is 32.9. The number of rotatable bonds is 6. The van der Waals surface area contributed by atoms with Gasteiger partial charge in [0.1, 0.15) is 0 Å². The van der Waals surface area contributed by atoms with Gasteiger partial charge in [0.2, 0.25) is 10.0 Å². The average Bonchev–Trinajstić information content (AvgIpc) is 2.48. The Morgan fingerprint density at radius 1 is 1.38 bits per heavy atom. The van der Waals surface area contributed by atoms with Crippen molar-refractivity contribution in [3.8, 4) is 0 Å². The molecule has 0 saturated carbocycles. The summed E-state index contributed by atoms with van der Waals surface area (Å²) in [5.41, 5.74) is 1.27. The highest BCUT2D eigenvalue weighted by Crippen LogP contribution is 2.18. The molecule has 0 spiro atoms. The Labute approximate surface area is 126 Å². The lowest BCUT2D eigenvalue weighted by molar-refractivity contribution is 0.0123. The molecule has 2 rings (SSSR count). The minimum atomic E-state index is -3.54. The van der Waals surface area contributed by atoms with Gasteiger partial charge in [-0.1, -0.05) is 12.1 Å². The molecule has 0 bridgehead atoms. The van der Waals surface area contributed by atoms with Crippen LogP contribution in [0.1, 0.15) is 36.8 Å². The molecule has 1 atom stereocenters. The zero-order chi connectivity index (χ0) is 15.3. The molecule has 118 valence electrons. The third kappa shape index (κ3) is 4.51. The number of hydrogen-bond acceptors (Lipinski definition) is 4. The van der Waals surface area contributed by atoms with Crippen molar-refractivity contribution in [2.24, 2.45) is 0 Å². The van der Waals surface area contributed by atoms with Crippen LogP contribution < -0.4 is 4.72 Å². The van der Waals surface area contributed by atoms with Crippen LogP contribution in [-0.2, 0) is 21.4 Å². The van der Waals surface area contributed by atoms with Crippen LogP contribution in [0.4, 0.5) is 0 Å². The summed E-state index contributed by atoms with van der Waals surface area (Å²) in [6.45, 7) is 2.73. The van der Waals surface area contributed by atoms with Gasteiger partial charge in [0.25, 0.3) is 0 Å². The smallest absolute Gasteiger partial charge is 0.240 e. The number of benzene rings is 1. The number of aryl methyl sites for hydroxylation is 1. The summed E-state index contributed by atoms with van der Waals surface area (Å²) >= 11 is 0. The van der Waals surface area contributed by atoms with E-state index in [-0.39, 0.29) is 17.6 Å². The van der Waals surface area contributed by atoms with Gasteiger partial charge in [0.15, 0.2) is 0 Å². The summed E-state index contributed by atoms with van der Waals surface area (Å²) in [4.78, 5) is 0.235. The first-order valence-electron chi connectivity index (χ1n) is 7.34. The molecule has 1 fully saturated rings. The third-order valence-corrected chi connectivity index (χ3v) is 5.36.